The van der Waals surface area contributed by atoms with Crippen LogP contribution in [0.25, 0.3) is 0 Å². The minimum Gasteiger partial charge on any atom is -0.379 e. The van der Waals surface area contributed by atoms with Crippen molar-refractivity contribution in [3.8, 4) is 0 Å². The van der Waals surface area contributed by atoms with E-state index in [1.807, 2.05) is 6.92 Å². The molecule has 0 aromatic carbocycles. The summed E-state index contributed by atoms with van der Waals surface area (Å²) in [6.45, 7) is 0.994. The van der Waals surface area contributed by atoms with E-state index in [2.05, 4.69) is 0 Å². The Morgan fingerprint density at radius 3 is 2.61 bits per heavy atom. The summed E-state index contributed by atoms with van der Waals surface area (Å²) in [5.74, 6) is -0.661. The largest absolute Gasteiger partial charge is 0.406 e. The lowest BCUT2D eigenvalue weighted by molar-refractivity contribution is -0.164. The van der Waals surface area contributed by atoms with E-state index < -0.39 is 24.2 Å². The van der Waals surface area contributed by atoms with Gasteiger partial charge in [-0.25, -0.2) is 0 Å². The van der Waals surface area contributed by atoms with Gasteiger partial charge in [0.05, 0.1) is 6.61 Å². The summed E-state index contributed by atoms with van der Waals surface area (Å²) >= 11 is 0. The van der Waals surface area contributed by atoms with Crippen LogP contribution in [0.2, 0.25) is 0 Å². The quantitative estimate of drug-likeness (QED) is 0.817. The second-order valence-electron chi connectivity index (χ2n) is 4.65. The average molecular weight is 268 g/mol. The number of halogens is 3. The van der Waals surface area contributed by atoms with Crippen LogP contribution in [0.3, 0.4) is 0 Å². The van der Waals surface area contributed by atoms with Crippen LogP contribution in [-0.4, -0.2) is 48.8 Å². The number of hydrogen-bond acceptors (Lipinski definition) is 3. The molecule has 18 heavy (non-hydrogen) atoms. The molecular weight excluding hydrogens is 249 g/mol. The van der Waals surface area contributed by atoms with Gasteiger partial charge in [-0.05, 0) is 12.8 Å². The highest BCUT2D eigenvalue weighted by Gasteiger charge is 2.43. The average Bonchev–Trinajstić information content (AvgIpc) is 2.70. The van der Waals surface area contributed by atoms with Gasteiger partial charge in [0.15, 0.2) is 0 Å². The molecule has 0 spiro atoms. The van der Waals surface area contributed by atoms with Crippen molar-refractivity contribution in [2.45, 2.75) is 37.9 Å². The Labute approximate surface area is 104 Å². The lowest BCUT2D eigenvalue weighted by Crippen LogP contribution is -2.57. The summed E-state index contributed by atoms with van der Waals surface area (Å²) in [6.07, 6.45) is -2.89. The number of carbonyl (C=O) groups excluding carboxylic acids is 1. The number of amides is 1. The first-order chi connectivity index (χ1) is 8.28. The van der Waals surface area contributed by atoms with Crippen molar-refractivity contribution < 1.29 is 22.7 Å². The molecule has 0 radical (unpaired) electrons. The van der Waals surface area contributed by atoms with E-state index in [4.69, 9.17) is 10.5 Å². The fraction of sp³-hybridized carbons (Fsp3) is 0.909. The molecule has 0 saturated carbocycles. The van der Waals surface area contributed by atoms with Crippen molar-refractivity contribution in [3.05, 3.63) is 0 Å². The molecule has 1 fully saturated rings. The Morgan fingerprint density at radius 2 is 2.17 bits per heavy atom. The van der Waals surface area contributed by atoms with Gasteiger partial charge in [-0.1, -0.05) is 13.3 Å². The maximum Gasteiger partial charge on any atom is 0.406 e. The summed E-state index contributed by atoms with van der Waals surface area (Å²) in [5, 5.41) is 0. The van der Waals surface area contributed by atoms with Crippen molar-refractivity contribution in [2.75, 3.05) is 26.3 Å². The van der Waals surface area contributed by atoms with Crippen LogP contribution in [0.4, 0.5) is 13.2 Å². The van der Waals surface area contributed by atoms with Crippen molar-refractivity contribution in [1.82, 2.24) is 4.90 Å². The molecule has 4 nitrogen and oxygen atoms in total. The van der Waals surface area contributed by atoms with Crippen LogP contribution < -0.4 is 5.73 Å². The molecule has 2 N–H and O–H groups in total. The summed E-state index contributed by atoms with van der Waals surface area (Å²) in [7, 11) is 0. The van der Waals surface area contributed by atoms with Crippen molar-refractivity contribution in [3.63, 3.8) is 0 Å². The Kier molecular flexibility index (Phi) is 4.98. The van der Waals surface area contributed by atoms with Crippen LogP contribution in [0, 0.1) is 0 Å². The van der Waals surface area contributed by atoms with Crippen molar-refractivity contribution in [2.24, 2.45) is 5.73 Å². The van der Waals surface area contributed by atoms with Crippen molar-refractivity contribution >= 4 is 5.91 Å². The van der Waals surface area contributed by atoms with E-state index in [1.165, 1.54) is 0 Å². The molecule has 106 valence electrons. The predicted octanol–water partition coefficient (Wildman–Crippen LogP) is 1.30. The van der Waals surface area contributed by atoms with Gasteiger partial charge in [0, 0.05) is 13.2 Å². The molecule has 0 bridgehead atoms. The number of nitrogens with two attached hydrogens (primary N) is 1. The third kappa shape index (κ3) is 4.13. The summed E-state index contributed by atoms with van der Waals surface area (Å²) in [5.41, 5.74) is 4.52. The number of unbranched alkanes of at least 4 members (excludes halogenated alkanes) is 1. The molecule has 0 aliphatic carbocycles. The monoisotopic (exact) mass is 268 g/mol. The van der Waals surface area contributed by atoms with E-state index in [9.17, 15) is 18.0 Å². The van der Waals surface area contributed by atoms with Gasteiger partial charge in [-0.3, -0.25) is 4.79 Å². The Morgan fingerprint density at radius 1 is 1.50 bits per heavy atom. The number of nitrogens with zero attached hydrogens (tertiary/aromatic N) is 1. The molecule has 1 atom stereocenters. The van der Waals surface area contributed by atoms with Gasteiger partial charge < -0.3 is 15.4 Å². The highest BCUT2D eigenvalue weighted by Crippen LogP contribution is 2.23. The third-order valence-corrected chi connectivity index (χ3v) is 2.92. The Bertz CT molecular complexity index is 289. The minimum absolute atomic E-state index is 0.00762. The highest BCUT2D eigenvalue weighted by molar-refractivity contribution is 5.86. The molecule has 1 heterocycles. The van der Waals surface area contributed by atoms with Gasteiger partial charge in [0.1, 0.15) is 12.1 Å². The number of rotatable bonds is 5. The first kappa shape index (κ1) is 15.2. The number of alkyl halides is 3. The summed E-state index contributed by atoms with van der Waals surface area (Å²) in [4.78, 5) is 12.9. The van der Waals surface area contributed by atoms with E-state index >= 15 is 0 Å². The maximum atomic E-state index is 12.4. The van der Waals surface area contributed by atoms with Crippen LogP contribution in [-0.2, 0) is 9.53 Å². The second-order valence-corrected chi connectivity index (χ2v) is 4.65. The van der Waals surface area contributed by atoms with Crippen LogP contribution in [0.15, 0.2) is 0 Å². The van der Waals surface area contributed by atoms with E-state index in [1.54, 1.807) is 0 Å². The van der Waals surface area contributed by atoms with Gasteiger partial charge in [0.2, 0.25) is 5.91 Å². The molecule has 1 amide bonds. The van der Waals surface area contributed by atoms with Gasteiger partial charge in [-0.2, -0.15) is 13.2 Å². The second kappa shape index (κ2) is 5.88. The van der Waals surface area contributed by atoms with Gasteiger partial charge in [-0.15, -0.1) is 0 Å². The minimum atomic E-state index is -4.40. The molecular formula is C11H19F3N2O2. The van der Waals surface area contributed by atoms with Crippen LogP contribution in [0.1, 0.15) is 26.2 Å². The molecule has 1 rings (SSSR count). The van der Waals surface area contributed by atoms with Crippen molar-refractivity contribution in [1.29, 1.82) is 0 Å². The normalized spacial score (nSPS) is 24.3. The summed E-state index contributed by atoms with van der Waals surface area (Å²) < 4.78 is 42.3. The number of carbonyl (C=O) groups is 1. The SMILES string of the molecule is CCCCN(CC(F)(F)F)C(=O)C1(N)CCOC1. The standard InChI is InChI=1S/C11H19F3N2O2/c1-2-3-5-16(7-11(12,13)14)9(17)10(15)4-6-18-8-10/h2-8,15H2,1H3. The topological polar surface area (TPSA) is 55.6 Å². The fourth-order valence-electron chi connectivity index (χ4n) is 1.88. The zero-order chi connectivity index (χ0) is 13.8. The predicted molar refractivity (Wildman–Crippen MR) is 59.9 cm³/mol. The molecule has 1 aliphatic heterocycles. The molecule has 0 aromatic rings. The third-order valence-electron chi connectivity index (χ3n) is 2.92. The smallest absolute Gasteiger partial charge is 0.379 e. The number of ether oxygens (including phenoxy) is 1. The number of hydrogen-bond donors (Lipinski definition) is 1. The Balaban J connectivity index is 2.71. The molecule has 0 aromatic heterocycles. The molecule has 7 heteroatoms. The Hall–Kier alpha value is -0.820. The maximum absolute atomic E-state index is 12.4. The first-order valence-electron chi connectivity index (χ1n) is 6.01. The molecule has 1 unspecified atom stereocenters. The fourth-order valence-corrected chi connectivity index (χ4v) is 1.88. The van der Waals surface area contributed by atoms with E-state index in [0.29, 0.717) is 13.0 Å². The van der Waals surface area contributed by atoms with Crippen LogP contribution in [0.5, 0.6) is 0 Å². The lowest BCUT2D eigenvalue weighted by Gasteiger charge is -2.31. The van der Waals surface area contributed by atoms with Crippen LogP contribution >= 0.6 is 0 Å². The summed E-state index contributed by atoms with van der Waals surface area (Å²) in [6, 6.07) is 0. The van der Waals surface area contributed by atoms with Gasteiger partial charge in [0.25, 0.3) is 0 Å². The zero-order valence-corrected chi connectivity index (χ0v) is 10.4. The van der Waals surface area contributed by atoms with E-state index in [0.717, 1.165) is 11.3 Å². The van der Waals surface area contributed by atoms with Gasteiger partial charge >= 0.3 is 6.18 Å². The highest BCUT2D eigenvalue weighted by atomic mass is 19.4. The first-order valence-corrected chi connectivity index (χ1v) is 6.01. The molecule has 1 saturated heterocycles. The van der Waals surface area contributed by atoms with E-state index in [-0.39, 0.29) is 19.6 Å². The zero-order valence-electron chi connectivity index (χ0n) is 10.4. The molecule has 1 aliphatic rings. The lowest BCUT2D eigenvalue weighted by atomic mass is 9.98.